The van der Waals surface area contributed by atoms with Gasteiger partial charge in [0.25, 0.3) is 5.91 Å². The fourth-order valence-electron chi connectivity index (χ4n) is 3.33. The molecule has 0 aromatic heterocycles. The third-order valence-corrected chi connectivity index (χ3v) is 4.99. The summed E-state index contributed by atoms with van der Waals surface area (Å²) in [6.45, 7) is 5.31. The van der Waals surface area contributed by atoms with E-state index in [2.05, 4.69) is 21.7 Å². The van der Waals surface area contributed by atoms with Crippen molar-refractivity contribution < 1.29 is 19.0 Å². The Morgan fingerprint density at radius 1 is 1.13 bits per heavy atom. The molecular formula is C23H29N3O4. The first-order valence-corrected chi connectivity index (χ1v) is 10.0. The molecule has 1 fully saturated rings. The van der Waals surface area contributed by atoms with Gasteiger partial charge in [-0.25, -0.2) is 4.99 Å². The smallest absolute Gasteiger partial charge is 0.258 e. The maximum Gasteiger partial charge on any atom is 0.258 e. The third-order valence-electron chi connectivity index (χ3n) is 4.99. The number of guanidine groups is 1. The van der Waals surface area contributed by atoms with Crippen LogP contribution in [0.2, 0.25) is 0 Å². The zero-order valence-electron chi connectivity index (χ0n) is 18.0. The molecule has 1 heterocycles. The molecule has 1 amide bonds. The highest BCUT2D eigenvalue weighted by Gasteiger charge is 2.17. The van der Waals surface area contributed by atoms with Crippen molar-refractivity contribution in [2.75, 3.05) is 32.7 Å². The second-order valence-electron chi connectivity index (χ2n) is 7.29. The number of nitrogens with zero attached hydrogens (tertiary/aromatic N) is 1. The fourth-order valence-corrected chi connectivity index (χ4v) is 3.33. The van der Waals surface area contributed by atoms with E-state index in [1.165, 1.54) is 12.7 Å². The van der Waals surface area contributed by atoms with Gasteiger partial charge < -0.3 is 19.5 Å². The van der Waals surface area contributed by atoms with E-state index in [-0.39, 0.29) is 12.0 Å². The van der Waals surface area contributed by atoms with Crippen molar-refractivity contribution in [2.24, 2.45) is 4.99 Å². The molecule has 0 aliphatic carbocycles. The van der Waals surface area contributed by atoms with Gasteiger partial charge >= 0.3 is 0 Å². The predicted molar refractivity (Wildman–Crippen MR) is 118 cm³/mol. The summed E-state index contributed by atoms with van der Waals surface area (Å²) < 4.78 is 16.2. The van der Waals surface area contributed by atoms with Crippen LogP contribution < -0.4 is 20.1 Å². The van der Waals surface area contributed by atoms with Gasteiger partial charge in [0.2, 0.25) is 5.96 Å². The molecule has 3 rings (SSSR count). The Hall–Kier alpha value is -3.06. The Morgan fingerprint density at radius 2 is 1.93 bits per heavy atom. The number of aliphatic imine (C=N–C) groups is 1. The molecule has 30 heavy (non-hydrogen) atoms. The van der Waals surface area contributed by atoms with Crippen molar-refractivity contribution in [3.63, 3.8) is 0 Å². The Bertz CT molecular complexity index is 921. The van der Waals surface area contributed by atoms with E-state index in [0.717, 1.165) is 30.7 Å². The fraction of sp³-hybridized carbons (Fsp3) is 0.391. The second-order valence-corrected chi connectivity index (χ2v) is 7.29. The molecule has 1 aliphatic rings. The van der Waals surface area contributed by atoms with Gasteiger partial charge in [0, 0.05) is 17.9 Å². The number of aryl methyl sites for hydroxylation is 2. The van der Waals surface area contributed by atoms with E-state index in [9.17, 15) is 4.79 Å². The largest absolute Gasteiger partial charge is 0.493 e. The van der Waals surface area contributed by atoms with E-state index in [4.69, 9.17) is 14.2 Å². The molecule has 0 saturated carbocycles. The number of amides is 1. The van der Waals surface area contributed by atoms with Crippen LogP contribution in [0, 0.1) is 13.8 Å². The quantitative estimate of drug-likeness (QED) is 0.560. The number of carbonyl (C=O) groups excluding carboxylic acids is 1. The molecule has 2 aromatic carbocycles. The van der Waals surface area contributed by atoms with Crippen molar-refractivity contribution in [1.29, 1.82) is 0 Å². The number of hydrogen-bond acceptors (Lipinski definition) is 5. The van der Waals surface area contributed by atoms with Gasteiger partial charge in [0.05, 0.1) is 26.9 Å². The highest BCUT2D eigenvalue weighted by Crippen LogP contribution is 2.27. The molecule has 2 N–H and O–H groups in total. The molecule has 7 nitrogen and oxygen atoms in total. The molecule has 7 heteroatoms. The van der Waals surface area contributed by atoms with E-state index >= 15 is 0 Å². The molecule has 0 radical (unpaired) electrons. The Morgan fingerprint density at radius 3 is 2.60 bits per heavy atom. The summed E-state index contributed by atoms with van der Waals surface area (Å²) in [5.41, 5.74) is 3.57. The minimum Gasteiger partial charge on any atom is -0.493 e. The van der Waals surface area contributed by atoms with Crippen molar-refractivity contribution in [3.05, 3.63) is 53.1 Å². The maximum atomic E-state index is 12.9. The van der Waals surface area contributed by atoms with E-state index in [1.54, 1.807) is 25.3 Å². The molecule has 0 bridgehead atoms. The van der Waals surface area contributed by atoms with Gasteiger partial charge in [-0.15, -0.1) is 0 Å². The van der Waals surface area contributed by atoms with Crippen LogP contribution in [0.3, 0.4) is 0 Å². The second kappa shape index (κ2) is 10.1. The van der Waals surface area contributed by atoms with Crippen LogP contribution in [0.25, 0.3) is 0 Å². The average molecular weight is 412 g/mol. The number of carbonyl (C=O) groups is 1. The Kier molecular flexibility index (Phi) is 7.30. The summed E-state index contributed by atoms with van der Waals surface area (Å²) in [5.74, 6) is 1.15. The van der Waals surface area contributed by atoms with Crippen LogP contribution in [-0.4, -0.2) is 45.3 Å². The number of anilines is 1. The highest BCUT2D eigenvalue weighted by atomic mass is 16.5. The molecule has 1 aliphatic heterocycles. The van der Waals surface area contributed by atoms with E-state index in [1.807, 2.05) is 26.0 Å². The maximum absolute atomic E-state index is 12.9. The average Bonchev–Trinajstić information content (AvgIpc) is 3.27. The summed E-state index contributed by atoms with van der Waals surface area (Å²) in [6.07, 6.45) is 2.10. The molecular weight excluding hydrogens is 382 g/mol. The lowest BCUT2D eigenvalue weighted by Crippen LogP contribution is -2.37. The van der Waals surface area contributed by atoms with Gasteiger partial charge in [-0.1, -0.05) is 17.7 Å². The lowest BCUT2D eigenvalue weighted by Gasteiger charge is -2.16. The summed E-state index contributed by atoms with van der Waals surface area (Å²) >= 11 is 0. The summed E-state index contributed by atoms with van der Waals surface area (Å²) in [4.78, 5) is 17.5. The van der Waals surface area contributed by atoms with Crippen LogP contribution in [0.5, 0.6) is 11.5 Å². The van der Waals surface area contributed by atoms with Crippen LogP contribution in [-0.2, 0) is 4.74 Å². The monoisotopic (exact) mass is 411 g/mol. The highest BCUT2D eigenvalue weighted by molar-refractivity contribution is 6.10. The number of ether oxygens (including phenoxy) is 3. The minimum atomic E-state index is -0.292. The SMILES string of the molecule is COc1ccc(C(=O)NC(=NCC2CCCO2)Nc2ccc(C)cc2C)cc1OC. The van der Waals surface area contributed by atoms with Gasteiger partial charge in [0.15, 0.2) is 11.5 Å². The first-order valence-electron chi connectivity index (χ1n) is 10.0. The molecule has 160 valence electrons. The summed E-state index contributed by atoms with van der Waals surface area (Å²) in [7, 11) is 3.09. The lowest BCUT2D eigenvalue weighted by atomic mass is 10.1. The van der Waals surface area contributed by atoms with Crippen molar-refractivity contribution in [2.45, 2.75) is 32.8 Å². The van der Waals surface area contributed by atoms with Crippen LogP contribution in [0.15, 0.2) is 41.4 Å². The standard InChI is InChI=1S/C23H29N3O4/c1-15-7-9-19(16(2)12-15)25-23(24-14-18-6-5-11-30-18)26-22(27)17-8-10-20(28-3)21(13-17)29-4/h7-10,12-13,18H,5-6,11,14H2,1-4H3,(H2,24,25,26,27). The number of hydrogen-bond donors (Lipinski definition) is 2. The van der Waals surface area contributed by atoms with Gasteiger partial charge in [-0.3, -0.25) is 10.1 Å². The zero-order valence-corrected chi connectivity index (χ0v) is 18.0. The van der Waals surface area contributed by atoms with Crippen molar-refractivity contribution in [1.82, 2.24) is 5.32 Å². The number of methoxy groups -OCH3 is 2. The van der Waals surface area contributed by atoms with Crippen LogP contribution in [0.4, 0.5) is 5.69 Å². The van der Waals surface area contributed by atoms with Crippen LogP contribution in [0.1, 0.15) is 34.3 Å². The normalized spacial score (nSPS) is 16.3. The molecule has 1 atom stereocenters. The van der Waals surface area contributed by atoms with Crippen LogP contribution >= 0.6 is 0 Å². The first kappa shape index (κ1) is 21.6. The van der Waals surface area contributed by atoms with Gasteiger partial charge in [-0.05, 0) is 56.5 Å². The Balaban J connectivity index is 1.80. The number of benzene rings is 2. The van der Waals surface area contributed by atoms with E-state index < -0.39 is 0 Å². The Labute approximate surface area is 177 Å². The van der Waals surface area contributed by atoms with Gasteiger partial charge in [0.1, 0.15) is 0 Å². The number of nitrogens with one attached hydrogen (secondary N) is 2. The molecule has 1 saturated heterocycles. The van der Waals surface area contributed by atoms with Crippen molar-refractivity contribution in [3.8, 4) is 11.5 Å². The van der Waals surface area contributed by atoms with Gasteiger partial charge in [-0.2, -0.15) is 0 Å². The molecule has 2 aromatic rings. The lowest BCUT2D eigenvalue weighted by molar-refractivity contribution is 0.0975. The molecule has 1 unspecified atom stereocenters. The molecule has 0 spiro atoms. The summed E-state index contributed by atoms with van der Waals surface area (Å²) in [5, 5.41) is 6.14. The minimum absolute atomic E-state index is 0.0823. The van der Waals surface area contributed by atoms with E-state index in [0.29, 0.717) is 29.6 Å². The topological polar surface area (TPSA) is 81.2 Å². The summed E-state index contributed by atoms with van der Waals surface area (Å²) in [6, 6.07) is 11.1. The van der Waals surface area contributed by atoms with Crippen molar-refractivity contribution >= 4 is 17.6 Å². The first-order chi connectivity index (χ1) is 14.5. The number of rotatable bonds is 6. The predicted octanol–water partition coefficient (Wildman–Crippen LogP) is 3.70. The third kappa shape index (κ3) is 5.51. The zero-order chi connectivity index (χ0) is 21.5.